The van der Waals surface area contributed by atoms with Gasteiger partial charge in [0.05, 0.1) is 0 Å². The third-order valence-corrected chi connectivity index (χ3v) is 15.3. The van der Waals surface area contributed by atoms with E-state index in [0.29, 0.717) is 19.3 Å². The lowest BCUT2D eigenvalue weighted by Gasteiger charge is -2.18. The van der Waals surface area contributed by atoms with E-state index < -0.39 is 6.10 Å². The van der Waals surface area contributed by atoms with Crippen molar-refractivity contribution in [3.8, 4) is 0 Å². The zero-order valence-electron chi connectivity index (χ0n) is 54.7. The van der Waals surface area contributed by atoms with Crippen LogP contribution < -0.4 is 0 Å². The third-order valence-electron chi connectivity index (χ3n) is 15.3. The fraction of sp³-hybridized carbons (Fsp3) is 0.727. The monoisotopic (exact) mass is 1150 g/mol. The average molecular weight is 1150 g/mol. The van der Waals surface area contributed by atoms with Crippen molar-refractivity contribution in [1.82, 2.24) is 0 Å². The number of esters is 3. The van der Waals surface area contributed by atoms with Crippen LogP contribution in [0.2, 0.25) is 0 Å². The Hall–Kier alpha value is -3.93. The molecule has 0 aliphatic carbocycles. The standard InChI is InChI=1S/C77H132O6/c1-4-7-10-13-16-19-22-25-27-29-31-33-35-36-37-38-39-40-42-43-45-47-49-52-55-58-61-64-67-70-76(79)82-73-74(72-81-75(78)69-66-63-60-57-54-51-24-21-18-15-12-9-6-3)83-77(80)71-68-65-62-59-56-53-50-48-46-44-41-34-32-30-28-26-23-20-17-14-11-8-5-2/h8-9,11-12,17-18,20-21,26,28,32,34,44,46,51,54,60,63,74H,4-7,10,13-16,19,22-25,27,29-31,33,35-43,45,47-50,52-53,55-59,61-62,64-73H2,1-3H3/b11-8-,12-9-,20-17-,21-18-,28-26-,34-32-,46-44-,54-51-,63-60-. The van der Waals surface area contributed by atoms with E-state index >= 15 is 0 Å². The SMILES string of the molecule is CC/C=C\C/C=C\C/C=C\C/C=C\C/C=C\CCCCCCCCCC(=O)OC(COC(=O)CC/C=C\C/C=C\C/C=C\C/C=C\CC)COC(=O)CCCCCCCCCCCCCCCCCCCCCCCCCCCCCCC. The molecule has 476 valence electrons. The second kappa shape index (κ2) is 70.6. The van der Waals surface area contributed by atoms with Gasteiger partial charge in [-0.25, -0.2) is 0 Å². The highest BCUT2D eigenvalue weighted by Crippen LogP contribution is 2.18. The molecule has 1 atom stereocenters. The van der Waals surface area contributed by atoms with Gasteiger partial charge in [-0.05, 0) is 89.9 Å². The van der Waals surface area contributed by atoms with E-state index in [4.69, 9.17) is 14.2 Å². The summed E-state index contributed by atoms with van der Waals surface area (Å²) >= 11 is 0. The minimum atomic E-state index is -0.815. The maximum atomic E-state index is 12.9. The second-order valence-corrected chi connectivity index (χ2v) is 23.4. The van der Waals surface area contributed by atoms with Crippen molar-refractivity contribution in [3.63, 3.8) is 0 Å². The van der Waals surface area contributed by atoms with Crippen LogP contribution in [0.4, 0.5) is 0 Å². The van der Waals surface area contributed by atoms with Crippen molar-refractivity contribution in [2.24, 2.45) is 0 Å². The number of hydrogen-bond acceptors (Lipinski definition) is 6. The lowest BCUT2D eigenvalue weighted by molar-refractivity contribution is -0.166. The molecule has 0 saturated heterocycles. The Morgan fingerprint density at radius 3 is 0.807 bits per heavy atom. The van der Waals surface area contributed by atoms with Gasteiger partial charge in [0, 0.05) is 19.3 Å². The van der Waals surface area contributed by atoms with E-state index in [9.17, 15) is 14.4 Å². The summed E-state index contributed by atoms with van der Waals surface area (Å²) in [5, 5.41) is 0. The van der Waals surface area contributed by atoms with Crippen molar-refractivity contribution in [2.45, 2.75) is 348 Å². The van der Waals surface area contributed by atoms with Gasteiger partial charge in [-0.3, -0.25) is 14.4 Å². The fourth-order valence-corrected chi connectivity index (χ4v) is 10.1. The highest BCUT2D eigenvalue weighted by Gasteiger charge is 2.19. The van der Waals surface area contributed by atoms with Gasteiger partial charge in [-0.15, -0.1) is 0 Å². The van der Waals surface area contributed by atoms with Crippen LogP contribution in [0.15, 0.2) is 109 Å². The van der Waals surface area contributed by atoms with E-state index in [1.807, 2.05) is 6.08 Å². The first kappa shape index (κ1) is 79.1. The van der Waals surface area contributed by atoms with Crippen LogP contribution in [-0.2, 0) is 28.6 Å². The summed E-state index contributed by atoms with van der Waals surface area (Å²) in [7, 11) is 0. The molecule has 0 aliphatic heterocycles. The summed E-state index contributed by atoms with van der Waals surface area (Å²) in [5.74, 6) is -0.988. The lowest BCUT2D eigenvalue weighted by Crippen LogP contribution is -2.30. The molecule has 0 aromatic rings. The van der Waals surface area contributed by atoms with Crippen molar-refractivity contribution < 1.29 is 28.6 Å². The molecule has 0 saturated carbocycles. The first-order chi connectivity index (χ1) is 41.0. The number of allylic oxidation sites excluding steroid dienone is 18. The fourth-order valence-electron chi connectivity index (χ4n) is 10.1. The number of carbonyl (C=O) groups excluding carboxylic acids is 3. The zero-order valence-corrected chi connectivity index (χ0v) is 54.7. The molecular formula is C77H132O6. The molecule has 0 aromatic carbocycles. The molecule has 6 nitrogen and oxygen atoms in total. The van der Waals surface area contributed by atoms with Crippen LogP contribution in [-0.4, -0.2) is 37.2 Å². The maximum absolute atomic E-state index is 12.9. The average Bonchev–Trinajstić information content (AvgIpc) is 3.49. The first-order valence-electron chi connectivity index (χ1n) is 35.4. The molecule has 83 heavy (non-hydrogen) atoms. The molecule has 0 N–H and O–H groups in total. The largest absolute Gasteiger partial charge is 0.462 e. The molecule has 0 radical (unpaired) electrons. The highest BCUT2D eigenvalue weighted by atomic mass is 16.6. The Bertz CT molecular complexity index is 1660. The van der Waals surface area contributed by atoms with Gasteiger partial charge >= 0.3 is 17.9 Å². The molecule has 0 fully saturated rings. The van der Waals surface area contributed by atoms with Crippen molar-refractivity contribution in [3.05, 3.63) is 109 Å². The smallest absolute Gasteiger partial charge is 0.306 e. The van der Waals surface area contributed by atoms with Crippen molar-refractivity contribution >= 4 is 17.9 Å². The number of unbranched alkanes of at least 4 members (excludes halogenated alkanes) is 35. The van der Waals surface area contributed by atoms with E-state index in [-0.39, 0.29) is 37.5 Å². The van der Waals surface area contributed by atoms with Gasteiger partial charge in [-0.1, -0.05) is 342 Å². The molecule has 0 rings (SSSR count). The molecule has 0 amide bonds. The lowest BCUT2D eigenvalue weighted by atomic mass is 10.0. The second-order valence-electron chi connectivity index (χ2n) is 23.4. The number of hydrogen-bond donors (Lipinski definition) is 0. The molecule has 0 heterocycles. The molecule has 1 unspecified atom stereocenters. The van der Waals surface area contributed by atoms with Crippen LogP contribution in [0.1, 0.15) is 342 Å². The van der Waals surface area contributed by atoms with Crippen molar-refractivity contribution in [2.75, 3.05) is 13.2 Å². The minimum absolute atomic E-state index is 0.103. The van der Waals surface area contributed by atoms with E-state index in [1.54, 1.807) is 0 Å². The quantitative estimate of drug-likeness (QED) is 0.0261. The minimum Gasteiger partial charge on any atom is -0.462 e. The predicted molar refractivity (Wildman–Crippen MR) is 362 cm³/mol. The van der Waals surface area contributed by atoms with Gasteiger partial charge in [0.15, 0.2) is 6.10 Å². The van der Waals surface area contributed by atoms with Gasteiger partial charge in [0.1, 0.15) is 13.2 Å². The summed E-state index contributed by atoms with van der Waals surface area (Å²) in [6.07, 6.45) is 97.2. The van der Waals surface area contributed by atoms with E-state index in [2.05, 4.69) is 124 Å². The maximum Gasteiger partial charge on any atom is 0.306 e. The Morgan fingerprint density at radius 1 is 0.253 bits per heavy atom. The van der Waals surface area contributed by atoms with Crippen LogP contribution >= 0.6 is 0 Å². The van der Waals surface area contributed by atoms with Crippen LogP contribution in [0.3, 0.4) is 0 Å². The summed E-state index contributed by atoms with van der Waals surface area (Å²) in [4.78, 5) is 38.4. The van der Waals surface area contributed by atoms with Gasteiger partial charge in [0.25, 0.3) is 0 Å². The van der Waals surface area contributed by atoms with Gasteiger partial charge in [-0.2, -0.15) is 0 Å². The third kappa shape index (κ3) is 68.7. The number of ether oxygens (including phenoxy) is 3. The number of carbonyl (C=O) groups is 3. The zero-order chi connectivity index (χ0) is 59.9. The molecule has 0 bridgehead atoms. The van der Waals surface area contributed by atoms with E-state index in [1.165, 1.54) is 186 Å². The topological polar surface area (TPSA) is 78.9 Å². The normalized spacial score (nSPS) is 12.8. The highest BCUT2D eigenvalue weighted by molar-refractivity contribution is 5.71. The molecule has 0 aliphatic rings. The summed E-state index contributed by atoms with van der Waals surface area (Å²) in [5.41, 5.74) is 0. The Balaban J connectivity index is 4.28. The van der Waals surface area contributed by atoms with Gasteiger partial charge in [0.2, 0.25) is 0 Å². The molecule has 6 heteroatoms. The summed E-state index contributed by atoms with van der Waals surface area (Å²) < 4.78 is 16.9. The predicted octanol–water partition coefficient (Wildman–Crippen LogP) is 24.6. The first-order valence-corrected chi connectivity index (χ1v) is 35.4. The van der Waals surface area contributed by atoms with E-state index in [0.717, 1.165) is 109 Å². The molecule has 0 aromatic heterocycles. The van der Waals surface area contributed by atoms with Gasteiger partial charge < -0.3 is 14.2 Å². The summed E-state index contributed by atoms with van der Waals surface area (Å²) in [6.45, 7) is 6.38. The Kier molecular flexibility index (Phi) is 67.2. The number of rotatable bonds is 64. The molecular weight excluding hydrogens is 1020 g/mol. The Labute approximate surface area is 514 Å². The Morgan fingerprint density at radius 2 is 0.494 bits per heavy atom. The summed E-state index contributed by atoms with van der Waals surface area (Å²) in [6, 6.07) is 0. The van der Waals surface area contributed by atoms with Crippen molar-refractivity contribution in [1.29, 1.82) is 0 Å². The van der Waals surface area contributed by atoms with Crippen LogP contribution in [0.5, 0.6) is 0 Å². The van der Waals surface area contributed by atoms with Crippen LogP contribution in [0.25, 0.3) is 0 Å². The molecule has 0 spiro atoms. The van der Waals surface area contributed by atoms with Crippen LogP contribution in [0, 0.1) is 0 Å².